The molecule has 6 nitrogen and oxygen atoms in total. The molecule has 0 saturated carbocycles. The van der Waals surface area contributed by atoms with Crippen LogP contribution in [0.3, 0.4) is 0 Å². The van der Waals surface area contributed by atoms with Crippen LogP contribution in [-0.2, 0) is 11.3 Å². The summed E-state index contributed by atoms with van der Waals surface area (Å²) in [5, 5.41) is 4.11. The van der Waals surface area contributed by atoms with E-state index in [2.05, 4.69) is 34.3 Å². The number of unbranched alkanes of at least 4 members (excludes halogenated alkanes) is 1. The Morgan fingerprint density at radius 2 is 1.84 bits per heavy atom. The van der Waals surface area contributed by atoms with Crippen LogP contribution in [0, 0.1) is 6.92 Å². The molecule has 0 spiro atoms. The van der Waals surface area contributed by atoms with E-state index in [1.165, 1.54) is 5.56 Å². The molecule has 164 valence electrons. The summed E-state index contributed by atoms with van der Waals surface area (Å²) < 4.78 is 5.43. The molecule has 4 rings (SSSR count). The number of hydrogen-bond acceptors (Lipinski definition) is 5. The molecule has 1 amide bonds. The van der Waals surface area contributed by atoms with Crippen LogP contribution < -0.4 is 10.9 Å². The van der Waals surface area contributed by atoms with E-state index in [1.807, 2.05) is 43.3 Å². The Labute approximate surface area is 186 Å². The first-order valence-corrected chi connectivity index (χ1v) is 10.9. The quantitative estimate of drug-likeness (QED) is 0.319. The van der Waals surface area contributed by atoms with Gasteiger partial charge in [-0.3, -0.25) is 9.69 Å². The molecular formula is C26H27N3O3. The predicted octanol–water partition coefficient (Wildman–Crippen LogP) is 4.89. The van der Waals surface area contributed by atoms with Gasteiger partial charge in [0.15, 0.2) is 0 Å². The Morgan fingerprint density at radius 3 is 2.62 bits per heavy atom. The van der Waals surface area contributed by atoms with Crippen molar-refractivity contribution in [2.24, 2.45) is 0 Å². The number of carbonyl (C=O) groups is 1. The van der Waals surface area contributed by atoms with Gasteiger partial charge in [-0.2, -0.15) is 0 Å². The van der Waals surface area contributed by atoms with Crippen LogP contribution in [0.4, 0.5) is 5.82 Å². The third kappa shape index (κ3) is 4.86. The van der Waals surface area contributed by atoms with Gasteiger partial charge in [-0.25, -0.2) is 9.78 Å². The van der Waals surface area contributed by atoms with Crippen LogP contribution in [0.2, 0.25) is 0 Å². The lowest BCUT2D eigenvalue weighted by atomic mass is 10.1. The maximum Gasteiger partial charge on any atom is 0.346 e. The molecule has 2 aromatic carbocycles. The van der Waals surface area contributed by atoms with E-state index >= 15 is 0 Å². The molecule has 4 aromatic rings. The Kier molecular flexibility index (Phi) is 6.61. The molecule has 0 bridgehead atoms. The fourth-order valence-corrected chi connectivity index (χ4v) is 3.91. The van der Waals surface area contributed by atoms with E-state index in [4.69, 9.17) is 4.42 Å². The summed E-state index contributed by atoms with van der Waals surface area (Å²) in [5.74, 6) is 0.307. The zero-order valence-corrected chi connectivity index (χ0v) is 18.4. The third-order valence-corrected chi connectivity index (χ3v) is 5.48. The number of anilines is 1. The first-order valence-electron chi connectivity index (χ1n) is 10.9. The molecule has 2 aromatic heterocycles. The molecule has 0 aliphatic carbocycles. The SMILES string of the molecule is CCCCN(CC(=O)Nc1cc(C)c2c(=O)oc3ccccc3c2n1)Cc1ccccc1. The minimum atomic E-state index is -0.421. The number of amides is 1. The number of para-hydroxylation sites is 1. The molecule has 6 heteroatoms. The van der Waals surface area contributed by atoms with Gasteiger partial charge in [0.2, 0.25) is 5.91 Å². The number of aryl methyl sites for hydroxylation is 1. The third-order valence-electron chi connectivity index (χ3n) is 5.48. The van der Waals surface area contributed by atoms with E-state index in [9.17, 15) is 9.59 Å². The van der Waals surface area contributed by atoms with Gasteiger partial charge in [-0.05, 0) is 49.2 Å². The number of nitrogens with one attached hydrogen (secondary N) is 1. The van der Waals surface area contributed by atoms with Crippen molar-refractivity contribution in [1.82, 2.24) is 9.88 Å². The van der Waals surface area contributed by atoms with E-state index < -0.39 is 5.63 Å². The number of carbonyl (C=O) groups excluding carboxylic acids is 1. The molecular weight excluding hydrogens is 402 g/mol. The predicted molar refractivity (Wildman–Crippen MR) is 128 cm³/mol. The number of nitrogens with zero attached hydrogens (tertiary/aromatic N) is 2. The average Bonchev–Trinajstić information content (AvgIpc) is 2.78. The van der Waals surface area contributed by atoms with Gasteiger partial charge in [-0.1, -0.05) is 55.8 Å². The van der Waals surface area contributed by atoms with Crippen molar-refractivity contribution in [2.75, 3.05) is 18.4 Å². The van der Waals surface area contributed by atoms with Gasteiger partial charge in [0, 0.05) is 11.9 Å². The Bertz CT molecular complexity index is 1300. The summed E-state index contributed by atoms with van der Waals surface area (Å²) in [6.07, 6.45) is 2.09. The second-order valence-corrected chi connectivity index (χ2v) is 8.03. The van der Waals surface area contributed by atoms with Crippen LogP contribution in [0.15, 0.2) is 69.9 Å². The second-order valence-electron chi connectivity index (χ2n) is 8.03. The van der Waals surface area contributed by atoms with Crippen molar-refractivity contribution in [3.05, 3.63) is 82.2 Å². The van der Waals surface area contributed by atoms with Crippen molar-refractivity contribution < 1.29 is 9.21 Å². The average molecular weight is 430 g/mol. The zero-order chi connectivity index (χ0) is 22.5. The van der Waals surface area contributed by atoms with Crippen LogP contribution in [-0.4, -0.2) is 28.9 Å². The summed E-state index contributed by atoms with van der Waals surface area (Å²) in [6.45, 7) is 5.79. The Morgan fingerprint density at radius 1 is 1.09 bits per heavy atom. The topological polar surface area (TPSA) is 75.4 Å². The lowest BCUT2D eigenvalue weighted by molar-refractivity contribution is -0.117. The van der Waals surface area contributed by atoms with Crippen LogP contribution in [0.5, 0.6) is 0 Å². The molecule has 2 heterocycles. The van der Waals surface area contributed by atoms with Gasteiger partial charge in [0.05, 0.1) is 17.4 Å². The summed E-state index contributed by atoms with van der Waals surface area (Å²) in [5.41, 5.74) is 2.50. The maximum atomic E-state index is 12.9. The highest BCUT2D eigenvalue weighted by Crippen LogP contribution is 2.25. The van der Waals surface area contributed by atoms with Crippen molar-refractivity contribution in [3.8, 4) is 0 Å². The van der Waals surface area contributed by atoms with E-state index in [0.717, 1.165) is 30.3 Å². The highest BCUT2D eigenvalue weighted by molar-refractivity contribution is 6.04. The van der Waals surface area contributed by atoms with Gasteiger partial charge >= 0.3 is 5.63 Å². The largest absolute Gasteiger partial charge is 0.422 e. The Balaban J connectivity index is 1.58. The van der Waals surface area contributed by atoms with Crippen molar-refractivity contribution in [1.29, 1.82) is 0 Å². The first kappa shape index (κ1) is 21.7. The van der Waals surface area contributed by atoms with Gasteiger partial charge < -0.3 is 9.73 Å². The number of fused-ring (bicyclic) bond motifs is 3. The summed E-state index contributed by atoms with van der Waals surface area (Å²) in [4.78, 5) is 32.1. The number of aromatic nitrogens is 1. The summed E-state index contributed by atoms with van der Waals surface area (Å²) in [6, 6.07) is 19.2. The minimum Gasteiger partial charge on any atom is -0.422 e. The second kappa shape index (κ2) is 9.75. The molecule has 0 saturated heterocycles. The molecule has 0 unspecified atom stereocenters. The molecule has 32 heavy (non-hydrogen) atoms. The number of rotatable bonds is 8. The summed E-state index contributed by atoms with van der Waals surface area (Å²) in [7, 11) is 0. The lowest BCUT2D eigenvalue weighted by Gasteiger charge is -2.21. The van der Waals surface area contributed by atoms with Crippen molar-refractivity contribution >= 4 is 33.6 Å². The normalized spacial score (nSPS) is 11.3. The minimum absolute atomic E-state index is 0.129. The van der Waals surface area contributed by atoms with E-state index in [0.29, 0.717) is 28.8 Å². The monoisotopic (exact) mass is 429 g/mol. The smallest absolute Gasteiger partial charge is 0.346 e. The maximum absolute atomic E-state index is 12.9. The molecule has 0 radical (unpaired) electrons. The summed E-state index contributed by atoms with van der Waals surface area (Å²) >= 11 is 0. The van der Waals surface area contributed by atoms with Gasteiger partial charge in [0.1, 0.15) is 11.4 Å². The van der Waals surface area contributed by atoms with Crippen molar-refractivity contribution in [2.45, 2.75) is 33.2 Å². The van der Waals surface area contributed by atoms with E-state index in [-0.39, 0.29) is 12.5 Å². The highest BCUT2D eigenvalue weighted by atomic mass is 16.4. The van der Waals surface area contributed by atoms with E-state index in [1.54, 1.807) is 12.1 Å². The fourth-order valence-electron chi connectivity index (χ4n) is 3.91. The van der Waals surface area contributed by atoms with Gasteiger partial charge in [-0.15, -0.1) is 0 Å². The number of hydrogen-bond donors (Lipinski definition) is 1. The van der Waals surface area contributed by atoms with Gasteiger partial charge in [0.25, 0.3) is 0 Å². The number of pyridine rings is 1. The number of benzene rings is 2. The molecule has 0 fully saturated rings. The zero-order valence-electron chi connectivity index (χ0n) is 18.4. The first-order chi connectivity index (χ1) is 15.5. The lowest BCUT2D eigenvalue weighted by Crippen LogP contribution is -2.33. The molecule has 0 aliphatic rings. The van der Waals surface area contributed by atoms with Crippen molar-refractivity contribution in [3.63, 3.8) is 0 Å². The molecule has 0 aliphatic heterocycles. The van der Waals surface area contributed by atoms with Crippen LogP contribution >= 0.6 is 0 Å². The van der Waals surface area contributed by atoms with Crippen LogP contribution in [0.1, 0.15) is 30.9 Å². The highest BCUT2D eigenvalue weighted by Gasteiger charge is 2.15. The Hall–Kier alpha value is -3.51. The fraction of sp³-hybridized carbons (Fsp3) is 0.269. The molecule has 1 N–H and O–H groups in total. The standard InChI is InChI=1S/C26H27N3O3/c1-3-4-14-29(16-19-10-6-5-7-11-19)17-23(30)27-22-15-18(2)24-25(28-22)20-12-8-9-13-21(20)32-26(24)31/h5-13,15H,3-4,14,16-17H2,1-2H3,(H,27,28,30). The van der Waals surface area contributed by atoms with Crippen LogP contribution in [0.25, 0.3) is 21.9 Å². The molecule has 0 atom stereocenters.